The Morgan fingerprint density at radius 1 is 0.963 bits per heavy atom. The normalized spacial score (nSPS) is 20.7. The number of carbonyl (C=O) groups is 1. The molecule has 150 valence electrons. The van der Waals surface area contributed by atoms with E-state index >= 15 is 0 Å². The second-order valence-electron chi connectivity index (χ2n) is 8.32. The first-order valence-electron chi connectivity index (χ1n) is 10.9. The van der Waals surface area contributed by atoms with E-state index in [1.807, 2.05) is 0 Å². The van der Waals surface area contributed by atoms with Gasteiger partial charge in [0.2, 0.25) is 5.91 Å². The minimum absolute atomic E-state index is 0.0762. The van der Waals surface area contributed by atoms with E-state index in [-0.39, 0.29) is 5.41 Å². The van der Waals surface area contributed by atoms with Crippen LogP contribution in [0.15, 0.2) is 30.3 Å². The zero-order valence-electron chi connectivity index (χ0n) is 17.3. The number of carbonyl (C=O) groups excluding carboxylic acids is 1. The van der Waals surface area contributed by atoms with Gasteiger partial charge in [-0.3, -0.25) is 9.69 Å². The van der Waals surface area contributed by atoms with Crippen LogP contribution in [-0.4, -0.2) is 66.4 Å². The van der Waals surface area contributed by atoms with Gasteiger partial charge in [-0.1, -0.05) is 43.2 Å². The highest BCUT2D eigenvalue weighted by Crippen LogP contribution is 2.43. The van der Waals surface area contributed by atoms with E-state index in [2.05, 4.69) is 58.9 Å². The molecule has 4 heteroatoms. The molecule has 0 N–H and O–H groups in total. The molecule has 1 aromatic rings. The van der Waals surface area contributed by atoms with Crippen LogP contribution in [0, 0.1) is 5.41 Å². The van der Waals surface area contributed by atoms with Gasteiger partial charge in [0.15, 0.2) is 0 Å². The van der Waals surface area contributed by atoms with Crippen LogP contribution in [0.2, 0.25) is 0 Å². The fraction of sp³-hybridized carbons (Fsp3) is 0.696. The number of nitrogens with zero attached hydrogens (tertiary/aromatic N) is 3. The molecule has 1 saturated carbocycles. The summed E-state index contributed by atoms with van der Waals surface area (Å²) in [7, 11) is 0. The average Bonchev–Trinajstić information content (AvgIpc) is 3.19. The zero-order chi connectivity index (χ0) is 19.1. The molecular formula is C23H37N3O. The standard InChI is InChI=1S/C23H37N3O/c1-3-26(4-2)22(27)23(12-8-9-13-23)14-15-24-16-18-25(19-17-24)20-21-10-6-5-7-11-21/h5-7,10-11H,3-4,8-9,12-20H2,1-2H3. The summed E-state index contributed by atoms with van der Waals surface area (Å²) in [6.07, 6.45) is 5.67. The molecular weight excluding hydrogens is 334 g/mol. The van der Waals surface area contributed by atoms with Gasteiger partial charge in [-0.15, -0.1) is 0 Å². The lowest BCUT2D eigenvalue weighted by Crippen LogP contribution is -2.48. The van der Waals surface area contributed by atoms with Crippen LogP contribution in [-0.2, 0) is 11.3 Å². The molecule has 2 aliphatic rings. The Bertz CT molecular complexity index is 571. The van der Waals surface area contributed by atoms with Crippen LogP contribution in [0.3, 0.4) is 0 Å². The summed E-state index contributed by atoms with van der Waals surface area (Å²) >= 11 is 0. The predicted molar refractivity (Wildman–Crippen MR) is 112 cm³/mol. The largest absolute Gasteiger partial charge is 0.343 e. The second kappa shape index (κ2) is 9.70. The first-order chi connectivity index (χ1) is 13.2. The van der Waals surface area contributed by atoms with Crippen LogP contribution < -0.4 is 0 Å². The summed E-state index contributed by atoms with van der Waals surface area (Å²) < 4.78 is 0. The van der Waals surface area contributed by atoms with Gasteiger partial charge in [0.1, 0.15) is 0 Å². The molecule has 0 unspecified atom stereocenters. The Morgan fingerprint density at radius 3 is 2.15 bits per heavy atom. The van der Waals surface area contributed by atoms with Gasteiger partial charge in [0, 0.05) is 45.8 Å². The van der Waals surface area contributed by atoms with E-state index in [1.165, 1.54) is 18.4 Å². The molecule has 0 radical (unpaired) electrons. The van der Waals surface area contributed by atoms with Crippen molar-refractivity contribution in [3.05, 3.63) is 35.9 Å². The van der Waals surface area contributed by atoms with Crippen LogP contribution in [0.5, 0.6) is 0 Å². The molecule has 0 atom stereocenters. The van der Waals surface area contributed by atoms with E-state index in [4.69, 9.17) is 0 Å². The van der Waals surface area contributed by atoms with Crippen molar-refractivity contribution in [2.45, 2.75) is 52.5 Å². The molecule has 1 amide bonds. The zero-order valence-corrected chi connectivity index (χ0v) is 17.3. The molecule has 0 bridgehead atoms. The van der Waals surface area contributed by atoms with Crippen molar-refractivity contribution in [2.24, 2.45) is 5.41 Å². The van der Waals surface area contributed by atoms with Crippen molar-refractivity contribution >= 4 is 5.91 Å². The molecule has 1 saturated heterocycles. The summed E-state index contributed by atoms with van der Waals surface area (Å²) in [5, 5.41) is 0. The summed E-state index contributed by atoms with van der Waals surface area (Å²) in [4.78, 5) is 20.3. The second-order valence-corrected chi connectivity index (χ2v) is 8.32. The number of amides is 1. The third-order valence-corrected chi connectivity index (χ3v) is 6.69. The SMILES string of the molecule is CCN(CC)C(=O)C1(CCN2CCN(Cc3ccccc3)CC2)CCCC1. The Balaban J connectivity index is 1.48. The molecule has 1 heterocycles. The molecule has 3 rings (SSSR count). The first kappa shape index (κ1) is 20.3. The predicted octanol–water partition coefficient (Wildman–Crippen LogP) is 3.62. The van der Waals surface area contributed by atoms with E-state index in [0.717, 1.165) is 71.6 Å². The fourth-order valence-corrected chi connectivity index (χ4v) is 4.85. The molecule has 1 aliphatic carbocycles. The van der Waals surface area contributed by atoms with Crippen molar-refractivity contribution in [1.29, 1.82) is 0 Å². The number of hydrogen-bond acceptors (Lipinski definition) is 3. The summed E-state index contributed by atoms with van der Waals surface area (Å²) in [6, 6.07) is 10.8. The fourth-order valence-electron chi connectivity index (χ4n) is 4.85. The van der Waals surface area contributed by atoms with E-state index in [0.29, 0.717) is 5.91 Å². The Labute approximate surface area is 165 Å². The average molecular weight is 372 g/mol. The summed E-state index contributed by atoms with van der Waals surface area (Å²) in [6.45, 7) is 12.5. The van der Waals surface area contributed by atoms with Gasteiger partial charge in [0.25, 0.3) is 0 Å². The topological polar surface area (TPSA) is 26.8 Å². The summed E-state index contributed by atoms with van der Waals surface area (Å²) in [5.41, 5.74) is 1.33. The maximum atomic E-state index is 13.2. The Hall–Kier alpha value is -1.39. The number of rotatable bonds is 8. The quantitative estimate of drug-likeness (QED) is 0.698. The molecule has 27 heavy (non-hydrogen) atoms. The van der Waals surface area contributed by atoms with E-state index in [1.54, 1.807) is 0 Å². The van der Waals surface area contributed by atoms with Gasteiger partial charge in [-0.05, 0) is 45.2 Å². The van der Waals surface area contributed by atoms with Crippen molar-refractivity contribution in [2.75, 3.05) is 45.8 Å². The third-order valence-electron chi connectivity index (χ3n) is 6.69. The number of benzene rings is 1. The summed E-state index contributed by atoms with van der Waals surface area (Å²) in [5.74, 6) is 0.424. The van der Waals surface area contributed by atoms with Gasteiger partial charge in [-0.2, -0.15) is 0 Å². The maximum Gasteiger partial charge on any atom is 0.228 e. The minimum atomic E-state index is -0.0762. The minimum Gasteiger partial charge on any atom is -0.343 e. The van der Waals surface area contributed by atoms with Crippen LogP contribution in [0.4, 0.5) is 0 Å². The highest BCUT2D eigenvalue weighted by atomic mass is 16.2. The lowest BCUT2D eigenvalue weighted by Gasteiger charge is -2.38. The van der Waals surface area contributed by atoms with Crippen molar-refractivity contribution in [1.82, 2.24) is 14.7 Å². The molecule has 1 aliphatic heterocycles. The lowest BCUT2D eigenvalue weighted by atomic mass is 9.80. The monoisotopic (exact) mass is 371 g/mol. The van der Waals surface area contributed by atoms with Crippen molar-refractivity contribution in [3.63, 3.8) is 0 Å². The lowest BCUT2D eigenvalue weighted by molar-refractivity contribution is -0.142. The van der Waals surface area contributed by atoms with Crippen LogP contribution in [0.25, 0.3) is 0 Å². The highest BCUT2D eigenvalue weighted by molar-refractivity contribution is 5.83. The maximum absolute atomic E-state index is 13.2. The Morgan fingerprint density at radius 2 is 1.56 bits per heavy atom. The Kier molecular flexibility index (Phi) is 7.31. The molecule has 1 aromatic carbocycles. The first-order valence-corrected chi connectivity index (χ1v) is 10.9. The van der Waals surface area contributed by atoms with Gasteiger partial charge in [0.05, 0.1) is 5.41 Å². The molecule has 2 fully saturated rings. The van der Waals surface area contributed by atoms with Crippen molar-refractivity contribution in [3.8, 4) is 0 Å². The van der Waals surface area contributed by atoms with Gasteiger partial charge in [-0.25, -0.2) is 0 Å². The molecule has 0 aromatic heterocycles. The van der Waals surface area contributed by atoms with Crippen LogP contribution in [0.1, 0.15) is 51.5 Å². The molecule has 4 nitrogen and oxygen atoms in total. The molecule has 0 spiro atoms. The van der Waals surface area contributed by atoms with Gasteiger partial charge < -0.3 is 9.80 Å². The number of piperazine rings is 1. The highest BCUT2D eigenvalue weighted by Gasteiger charge is 2.42. The van der Waals surface area contributed by atoms with E-state index < -0.39 is 0 Å². The van der Waals surface area contributed by atoms with Gasteiger partial charge >= 0.3 is 0 Å². The third kappa shape index (κ3) is 5.11. The van der Waals surface area contributed by atoms with E-state index in [9.17, 15) is 4.79 Å². The van der Waals surface area contributed by atoms with Crippen molar-refractivity contribution < 1.29 is 4.79 Å². The number of hydrogen-bond donors (Lipinski definition) is 0. The van der Waals surface area contributed by atoms with Crippen LogP contribution >= 0.6 is 0 Å². The smallest absolute Gasteiger partial charge is 0.228 e.